The fourth-order valence-corrected chi connectivity index (χ4v) is 1.36. The number of amides is 1. The summed E-state index contributed by atoms with van der Waals surface area (Å²) in [5, 5.41) is 0. The first kappa shape index (κ1) is 14.0. The number of hydrogen-bond acceptors (Lipinski definition) is 2. The van der Waals surface area contributed by atoms with Gasteiger partial charge in [-0.2, -0.15) is 13.2 Å². The molecule has 0 N–H and O–H groups in total. The van der Waals surface area contributed by atoms with Gasteiger partial charge in [0.25, 0.3) is 5.91 Å². The third kappa shape index (κ3) is 3.00. The Bertz CT molecular complexity index is 503. The molecule has 0 spiro atoms. The minimum absolute atomic E-state index is 0.0266. The summed E-state index contributed by atoms with van der Waals surface area (Å²) >= 11 is 0. The van der Waals surface area contributed by atoms with E-state index < -0.39 is 17.8 Å². The van der Waals surface area contributed by atoms with Crippen LogP contribution in [-0.2, 0) is 6.18 Å². The Labute approximate surface area is 103 Å². The number of aromatic nitrogens is 1. The maximum absolute atomic E-state index is 12.4. The molecule has 0 bridgehead atoms. The summed E-state index contributed by atoms with van der Waals surface area (Å²) in [5.41, 5.74) is -0.879. The minimum Gasteiger partial charge on any atom is -0.331 e. The van der Waals surface area contributed by atoms with E-state index in [0.717, 1.165) is 12.1 Å². The number of nitrogens with zero attached hydrogens (tertiary/aromatic N) is 2. The molecule has 6 heteroatoms. The lowest BCUT2D eigenvalue weighted by atomic mass is 10.1. The number of carbonyl (C=O) groups is 1. The molecular weight excluding hydrogens is 245 g/mol. The number of aryl methyl sites for hydroxylation is 1. The van der Waals surface area contributed by atoms with E-state index in [9.17, 15) is 18.0 Å². The number of halogens is 3. The van der Waals surface area contributed by atoms with Gasteiger partial charge in [0.2, 0.25) is 0 Å². The highest BCUT2D eigenvalue weighted by atomic mass is 19.4. The zero-order valence-corrected chi connectivity index (χ0v) is 9.88. The first-order chi connectivity index (χ1) is 8.27. The molecule has 96 valence electrons. The van der Waals surface area contributed by atoms with Gasteiger partial charge in [-0.15, -0.1) is 6.42 Å². The van der Waals surface area contributed by atoms with Gasteiger partial charge < -0.3 is 4.90 Å². The third-order valence-electron chi connectivity index (χ3n) is 2.28. The van der Waals surface area contributed by atoms with Crippen LogP contribution in [0.1, 0.15) is 21.7 Å². The lowest BCUT2D eigenvalue weighted by molar-refractivity contribution is -0.141. The lowest BCUT2D eigenvalue weighted by Crippen LogP contribution is -2.28. The molecule has 0 saturated heterocycles. The Morgan fingerprint density at radius 1 is 1.50 bits per heavy atom. The van der Waals surface area contributed by atoms with E-state index in [1.807, 2.05) is 0 Å². The topological polar surface area (TPSA) is 33.2 Å². The highest BCUT2D eigenvalue weighted by Gasteiger charge is 2.33. The second kappa shape index (κ2) is 5.08. The summed E-state index contributed by atoms with van der Waals surface area (Å²) in [6.07, 6.45) is 0.539. The van der Waals surface area contributed by atoms with E-state index >= 15 is 0 Å². The quantitative estimate of drug-likeness (QED) is 0.759. The maximum atomic E-state index is 12.4. The van der Waals surface area contributed by atoms with Crippen LogP contribution in [0.4, 0.5) is 13.2 Å². The first-order valence-electron chi connectivity index (χ1n) is 5.01. The Balaban J connectivity index is 3.07. The van der Waals surface area contributed by atoms with Crippen molar-refractivity contribution in [1.29, 1.82) is 0 Å². The van der Waals surface area contributed by atoms with Gasteiger partial charge in [-0.3, -0.25) is 4.79 Å². The lowest BCUT2D eigenvalue weighted by Gasteiger charge is -2.15. The van der Waals surface area contributed by atoms with Crippen molar-refractivity contribution >= 4 is 5.91 Å². The van der Waals surface area contributed by atoms with Crippen molar-refractivity contribution in [2.75, 3.05) is 13.6 Å². The molecule has 0 aliphatic rings. The number of alkyl halides is 3. The third-order valence-corrected chi connectivity index (χ3v) is 2.28. The molecule has 1 aromatic rings. The van der Waals surface area contributed by atoms with E-state index in [1.165, 1.54) is 18.9 Å². The van der Waals surface area contributed by atoms with Crippen molar-refractivity contribution in [3.05, 3.63) is 29.1 Å². The van der Waals surface area contributed by atoms with E-state index in [1.54, 1.807) is 0 Å². The van der Waals surface area contributed by atoms with E-state index in [2.05, 4.69) is 10.9 Å². The molecule has 1 heterocycles. The molecule has 0 aliphatic carbocycles. The van der Waals surface area contributed by atoms with Gasteiger partial charge in [0.15, 0.2) is 0 Å². The van der Waals surface area contributed by atoms with Gasteiger partial charge in [-0.05, 0) is 19.1 Å². The fourth-order valence-electron chi connectivity index (χ4n) is 1.36. The number of pyridine rings is 1. The molecule has 0 saturated carbocycles. The minimum atomic E-state index is -4.52. The molecular formula is C12H11F3N2O. The smallest absolute Gasteiger partial charge is 0.331 e. The number of terminal acetylenes is 1. The van der Waals surface area contributed by atoms with Crippen molar-refractivity contribution in [2.24, 2.45) is 0 Å². The molecule has 0 fully saturated rings. The summed E-state index contributed by atoms with van der Waals surface area (Å²) in [4.78, 5) is 16.4. The summed E-state index contributed by atoms with van der Waals surface area (Å²) in [6.45, 7) is 1.44. The molecule has 18 heavy (non-hydrogen) atoms. The predicted octanol–water partition coefficient (Wildman–Crippen LogP) is 2.11. The monoisotopic (exact) mass is 256 g/mol. The van der Waals surface area contributed by atoms with Crippen LogP contribution in [0, 0.1) is 19.3 Å². The SMILES string of the molecule is C#CCN(C)C(=O)c1ccc(C(F)(F)F)nc1C. The van der Waals surface area contributed by atoms with E-state index in [4.69, 9.17) is 6.42 Å². The van der Waals surface area contributed by atoms with Crippen LogP contribution >= 0.6 is 0 Å². The van der Waals surface area contributed by atoms with Crippen LogP contribution in [0.15, 0.2) is 12.1 Å². The Kier molecular flexibility index (Phi) is 3.96. The van der Waals surface area contributed by atoms with Crippen LogP contribution < -0.4 is 0 Å². The first-order valence-corrected chi connectivity index (χ1v) is 5.01. The van der Waals surface area contributed by atoms with Crippen molar-refractivity contribution in [1.82, 2.24) is 9.88 Å². The maximum Gasteiger partial charge on any atom is 0.433 e. The van der Waals surface area contributed by atoms with Crippen molar-refractivity contribution in [3.8, 4) is 12.3 Å². The molecule has 0 unspecified atom stereocenters. The van der Waals surface area contributed by atoms with Gasteiger partial charge in [-0.25, -0.2) is 4.98 Å². The highest BCUT2D eigenvalue weighted by molar-refractivity contribution is 5.95. The summed E-state index contributed by atoms with van der Waals surface area (Å²) in [6, 6.07) is 1.89. The standard InChI is InChI=1S/C12H11F3N2O/c1-4-7-17(3)11(18)9-5-6-10(12(13,14)15)16-8(9)2/h1,5-6H,7H2,2-3H3. The van der Waals surface area contributed by atoms with Crippen LogP contribution in [0.5, 0.6) is 0 Å². The molecule has 0 aromatic carbocycles. The molecule has 0 aliphatic heterocycles. The van der Waals surface area contributed by atoms with Gasteiger partial charge >= 0.3 is 6.18 Å². The highest BCUT2D eigenvalue weighted by Crippen LogP contribution is 2.28. The normalized spacial score (nSPS) is 10.9. The van der Waals surface area contributed by atoms with Crippen molar-refractivity contribution in [2.45, 2.75) is 13.1 Å². The van der Waals surface area contributed by atoms with Gasteiger partial charge in [0.05, 0.1) is 17.8 Å². The van der Waals surface area contributed by atoms with Gasteiger partial charge in [0, 0.05) is 7.05 Å². The largest absolute Gasteiger partial charge is 0.433 e. The summed E-state index contributed by atoms with van der Waals surface area (Å²) in [7, 11) is 1.47. The average molecular weight is 256 g/mol. The fraction of sp³-hybridized carbons (Fsp3) is 0.333. The summed E-state index contributed by atoms with van der Waals surface area (Å²) in [5.74, 6) is 1.83. The number of rotatable bonds is 2. The Morgan fingerprint density at radius 2 is 2.11 bits per heavy atom. The summed E-state index contributed by atoms with van der Waals surface area (Å²) < 4.78 is 37.2. The van der Waals surface area contributed by atoms with E-state index in [-0.39, 0.29) is 17.8 Å². The van der Waals surface area contributed by atoms with Crippen LogP contribution in [-0.4, -0.2) is 29.4 Å². The average Bonchev–Trinajstić information content (AvgIpc) is 2.27. The molecule has 0 radical (unpaired) electrons. The predicted molar refractivity (Wildman–Crippen MR) is 59.8 cm³/mol. The van der Waals surface area contributed by atoms with Crippen LogP contribution in [0.25, 0.3) is 0 Å². The second-order valence-electron chi connectivity index (χ2n) is 3.69. The molecule has 0 atom stereocenters. The Morgan fingerprint density at radius 3 is 2.56 bits per heavy atom. The molecule has 3 nitrogen and oxygen atoms in total. The van der Waals surface area contributed by atoms with Gasteiger partial charge in [-0.1, -0.05) is 5.92 Å². The second-order valence-corrected chi connectivity index (χ2v) is 3.69. The van der Waals surface area contributed by atoms with Crippen LogP contribution in [0.3, 0.4) is 0 Å². The van der Waals surface area contributed by atoms with Crippen molar-refractivity contribution in [3.63, 3.8) is 0 Å². The number of hydrogen-bond donors (Lipinski definition) is 0. The van der Waals surface area contributed by atoms with Crippen LogP contribution in [0.2, 0.25) is 0 Å². The number of carbonyl (C=O) groups excluding carboxylic acids is 1. The zero-order valence-electron chi connectivity index (χ0n) is 9.88. The Hall–Kier alpha value is -2.03. The molecule has 1 rings (SSSR count). The zero-order chi connectivity index (χ0) is 13.9. The van der Waals surface area contributed by atoms with E-state index in [0.29, 0.717) is 0 Å². The van der Waals surface area contributed by atoms with Gasteiger partial charge in [0.1, 0.15) is 5.69 Å². The molecule has 1 aromatic heterocycles. The molecule has 1 amide bonds. The van der Waals surface area contributed by atoms with Crippen molar-refractivity contribution < 1.29 is 18.0 Å².